The molecule has 1 aromatic heterocycles. The monoisotopic (exact) mass is 509 g/mol. The van der Waals surface area contributed by atoms with Crippen LogP contribution in [0.25, 0.3) is 0 Å². The molecule has 2 saturated heterocycles. The normalized spacial score (nSPS) is 26.6. The first-order valence-electron chi connectivity index (χ1n) is 12.9. The minimum Gasteiger partial charge on any atom is -0.349 e. The Balaban J connectivity index is 1.22. The van der Waals surface area contributed by atoms with E-state index in [4.69, 9.17) is 11.6 Å². The fourth-order valence-corrected chi connectivity index (χ4v) is 6.15. The van der Waals surface area contributed by atoms with E-state index in [0.717, 1.165) is 62.6 Å². The Labute approximate surface area is 216 Å². The molecule has 1 aromatic carbocycles. The van der Waals surface area contributed by atoms with Gasteiger partial charge in [-0.05, 0) is 30.0 Å². The van der Waals surface area contributed by atoms with Crippen LogP contribution in [0.15, 0.2) is 30.6 Å². The Morgan fingerprint density at radius 1 is 1.11 bits per heavy atom. The van der Waals surface area contributed by atoms with Gasteiger partial charge in [0, 0.05) is 62.8 Å². The summed E-state index contributed by atoms with van der Waals surface area (Å²) in [6.07, 6.45) is 2.91. The molecule has 4 aliphatic rings. The van der Waals surface area contributed by atoms with Crippen molar-refractivity contribution in [3.05, 3.63) is 46.7 Å². The van der Waals surface area contributed by atoms with Crippen molar-refractivity contribution in [2.75, 3.05) is 56.0 Å². The van der Waals surface area contributed by atoms with Crippen LogP contribution in [0.5, 0.6) is 0 Å². The number of rotatable bonds is 5. The van der Waals surface area contributed by atoms with Gasteiger partial charge >= 0.3 is 0 Å². The molecule has 6 rings (SSSR count). The van der Waals surface area contributed by atoms with Gasteiger partial charge in [0.15, 0.2) is 0 Å². The van der Waals surface area contributed by atoms with Crippen LogP contribution in [0.1, 0.15) is 42.7 Å². The Hall–Kier alpha value is -2.75. The van der Waals surface area contributed by atoms with E-state index >= 15 is 0 Å². The summed E-state index contributed by atoms with van der Waals surface area (Å²) in [6.45, 7) is 7.95. The lowest BCUT2D eigenvalue weighted by molar-refractivity contribution is -0.134. The number of piperazine rings is 2. The van der Waals surface area contributed by atoms with Crippen molar-refractivity contribution in [1.82, 2.24) is 25.1 Å². The highest BCUT2D eigenvalue weighted by Gasteiger charge is 2.52. The molecule has 4 atom stereocenters. The lowest BCUT2D eigenvalue weighted by atomic mass is 9.94. The second-order valence-electron chi connectivity index (χ2n) is 10.4. The molecule has 9 nitrogen and oxygen atoms in total. The summed E-state index contributed by atoms with van der Waals surface area (Å²) in [5.41, 5.74) is 2.04. The Kier molecular flexibility index (Phi) is 6.31. The fraction of sp³-hybridized carbons (Fsp3) is 0.538. The van der Waals surface area contributed by atoms with E-state index in [1.54, 1.807) is 0 Å². The second kappa shape index (κ2) is 9.61. The van der Waals surface area contributed by atoms with Crippen LogP contribution in [0.4, 0.5) is 11.6 Å². The lowest BCUT2D eigenvalue weighted by Crippen LogP contribution is -2.52. The minimum absolute atomic E-state index is 0.00269. The van der Waals surface area contributed by atoms with E-state index in [1.165, 1.54) is 6.33 Å². The minimum atomic E-state index is -0.213. The van der Waals surface area contributed by atoms with Crippen LogP contribution in [0.3, 0.4) is 0 Å². The zero-order valence-electron chi connectivity index (χ0n) is 20.5. The molecule has 0 radical (unpaired) electrons. The number of halogens is 1. The molecule has 2 amide bonds. The van der Waals surface area contributed by atoms with Gasteiger partial charge in [-0.25, -0.2) is 9.97 Å². The van der Waals surface area contributed by atoms with Gasteiger partial charge in [0.2, 0.25) is 11.8 Å². The maximum atomic E-state index is 14.0. The summed E-state index contributed by atoms with van der Waals surface area (Å²) in [7, 11) is 0. The molecule has 2 aromatic rings. The molecule has 3 aliphatic heterocycles. The van der Waals surface area contributed by atoms with E-state index in [0.29, 0.717) is 23.8 Å². The number of nitrogens with one attached hydrogen (secondary N) is 2. The van der Waals surface area contributed by atoms with Crippen molar-refractivity contribution in [3.8, 4) is 0 Å². The smallest absolute Gasteiger partial charge is 0.231 e. The summed E-state index contributed by atoms with van der Waals surface area (Å²) in [6, 6.07) is 8.18. The maximum absolute atomic E-state index is 14.0. The number of aromatic nitrogens is 2. The van der Waals surface area contributed by atoms with Crippen LogP contribution >= 0.6 is 11.6 Å². The van der Waals surface area contributed by atoms with Crippen molar-refractivity contribution in [2.45, 2.75) is 43.7 Å². The largest absolute Gasteiger partial charge is 0.349 e. The zero-order chi connectivity index (χ0) is 24.8. The molecule has 36 heavy (non-hydrogen) atoms. The van der Waals surface area contributed by atoms with Crippen molar-refractivity contribution in [2.24, 2.45) is 0 Å². The molecule has 4 heterocycles. The number of carbonyl (C=O) groups is 2. The van der Waals surface area contributed by atoms with Gasteiger partial charge in [0.1, 0.15) is 18.0 Å². The second-order valence-corrected chi connectivity index (χ2v) is 10.8. The van der Waals surface area contributed by atoms with Crippen molar-refractivity contribution < 1.29 is 9.59 Å². The van der Waals surface area contributed by atoms with Crippen molar-refractivity contribution in [3.63, 3.8) is 0 Å². The number of anilines is 2. The van der Waals surface area contributed by atoms with E-state index in [-0.39, 0.29) is 35.7 Å². The van der Waals surface area contributed by atoms with Gasteiger partial charge in [-0.1, -0.05) is 30.7 Å². The average molecular weight is 510 g/mol. The third-order valence-electron chi connectivity index (χ3n) is 7.99. The topological polar surface area (TPSA) is 93.7 Å². The highest BCUT2D eigenvalue weighted by molar-refractivity contribution is 6.30. The number of carbonyl (C=O) groups excluding carboxylic acids is 2. The summed E-state index contributed by atoms with van der Waals surface area (Å²) in [5.74, 6) is 1.58. The first-order chi connectivity index (χ1) is 17.5. The third kappa shape index (κ3) is 4.44. The number of benzene rings is 1. The SMILES string of the molecule is C[C@@H]1CC(=O)Nc2ncnc(N3CCN(C(=O)[C@H](CN4CCNCC4)c4ccc(Cl)cc4)[C@@H]4C[C@@H]43)c21. The molecule has 2 N–H and O–H groups in total. The standard InChI is InChI=1S/C26H32ClN7O2/c1-16-12-22(35)31-24-23(16)25(30-15-29-24)33-10-11-34(21-13-20(21)33)26(36)19(14-32-8-6-28-7-9-32)17-2-4-18(27)5-3-17/h2-5,15-16,19-21,28H,6-14H2,1H3,(H,29,30,31,35)/t16-,19-,20+,21-/m1/s1. The number of amides is 2. The van der Waals surface area contributed by atoms with Crippen LogP contribution in [-0.4, -0.2) is 89.5 Å². The van der Waals surface area contributed by atoms with Crippen LogP contribution in [-0.2, 0) is 9.59 Å². The number of fused-ring (bicyclic) bond motifs is 2. The molecule has 10 heteroatoms. The Morgan fingerprint density at radius 3 is 2.67 bits per heavy atom. The van der Waals surface area contributed by atoms with E-state index < -0.39 is 0 Å². The van der Waals surface area contributed by atoms with Gasteiger partial charge in [-0.3, -0.25) is 14.5 Å². The van der Waals surface area contributed by atoms with Crippen LogP contribution in [0.2, 0.25) is 5.02 Å². The lowest BCUT2D eigenvalue weighted by Gasteiger charge is -2.39. The molecule has 0 bridgehead atoms. The molecular formula is C26H32ClN7O2. The number of hydrogen-bond acceptors (Lipinski definition) is 7. The molecule has 1 saturated carbocycles. The molecule has 3 fully saturated rings. The summed E-state index contributed by atoms with van der Waals surface area (Å²) in [4.78, 5) is 41.8. The molecule has 0 unspecified atom stereocenters. The summed E-state index contributed by atoms with van der Waals surface area (Å²) in [5, 5.41) is 6.98. The summed E-state index contributed by atoms with van der Waals surface area (Å²) >= 11 is 6.16. The first kappa shape index (κ1) is 23.6. The average Bonchev–Trinajstić information content (AvgIpc) is 3.68. The first-order valence-corrected chi connectivity index (χ1v) is 13.3. The predicted octanol–water partition coefficient (Wildman–Crippen LogP) is 2.05. The van der Waals surface area contributed by atoms with E-state index in [9.17, 15) is 9.59 Å². The van der Waals surface area contributed by atoms with Gasteiger partial charge < -0.3 is 20.4 Å². The highest BCUT2D eigenvalue weighted by atomic mass is 35.5. The van der Waals surface area contributed by atoms with Gasteiger partial charge in [-0.2, -0.15) is 0 Å². The Morgan fingerprint density at radius 2 is 1.89 bits per heavy atom. The van der Waals surface area contributed by atoms with Gasteiger partial charge in [0.05, 0.1) is 18.0 Å². The molecule has 190 valence electrons. The van der Waals surface area contributed by atoms with E-state index in [1.807, 2.05) is 24.3 Å². The zero-order valence-corrected chi connectivity index (χ0v) is 21.2. The molecule has 0 spiro atoms. The quantitative estimate of drug-likeness (QED) is 0.637. The summed E-state index contributed by atoms with van der Waals surface area (Å²) < 4.78 is 0. The third-order valence-corrected chi connectivity index (χ3v) is 8.24. The fourth-order valence-electron chi connectivity index (χ4n) is 6.03. The maximum Gasteiger partial charge on any atom is 0.231 e. The number of hydrogen-bond donors (Lipinski definition) is 2. The highest BCUT2D eigenvalue weighted by Crippen LogP contribution is 2.44. The van der Waals surface area contributed by atoms with Crippen molar-refractivity contribution >= 4 is 35.1 Å². The Bertz CT molecular complexity index is 1150. The van der Waals surface area contributed by atoms with Crippen LogP contribution in [0, 0.1) is 0 Å². The van der Waals surface area contributed by atoms with Gasteiger partial charge in [-0.15, -0.1) is 0 Å². The predicted molar refractivity (Wildman–Crippen MR) is 138 cm³/mol. The van der Waals surface area contributed by atoms with Gasteiger partial charge in [0.25, 0.3) is 0 Å². The molecule has 1 aliphatic carbocycles. The van der Waals surface area contributed by atoms with Crippen LogP contribution < -0.4 is 15.5 Å². The van der Waals surface area contributed by atoms with Crippen molar-refractivity contribution in [1.29, 1.82) is 0 Å². The number of nitrogens with zero attached hydrogens (tertiary/aromatic N) is 5. The van der Waals surface area contributed by atoms with E-state index in [2.05, 4.69) is 42.2 Å². The molecular weight excluding hydrogens is 478 g/mol.